The van der Waals surface area contributed by atoms with Gasteiger partial charge in [0.2, 0.25) is 0 Å². The molecule has 0 atom stereocenters. The van der Waals surface area contributed by atoms with Crippen LogP contribution in [0.5, 0.6) is 5.75 Å². The van der Waals surface area contributed by atoms with Crippen LogP contribution in [0, 0.1) is 0 Å². The van der Waals surface area contributed by atoms with Gasteiger partial charge in [0.05, 0.1) is 18.6 Å². The van der Waals surface area contributed by atoms with E-state index in [1.807, 2.05) is 29.6 Å². The predicted molar refractivity (Wildman–Crippen MR) is 90.0 cm³/mol. The van der Waals surface area contributed by atoms with Gasteiger partial charge in [0.25, 0.3) is 0 Å². The van der Waals surface area contributed by atoms with Gasteiger partial charge in [0, 0.05) is 28.7 Å². The molecule has 1 aromatic heterocycles. The lowest BCUT2D eigenvalue weighted by Crippen LogP contribution is -2.05. The molecule has 0 fully saturated rings. The second-order valence-corrected chi connectivity index (χ2v) is 8.78. The Kier molecular flexibility index (Phi) is 5.66. The minimum atomic E-state index is -2.87. The molecule has 0 aliphatic rings. The first-order valence-electron chi connectivity index (χ1n) is 6.32. The smallest absolute Gasteiger partial charge is 0.148 e. The van der Waals surface area contributed by atoms with Crippen LogP contribution in [-0.2, 0) is 15.6 Å². The summed E-state index contributed by atoms with van der Waals surface area (Å²) in [5.74, 6) is 2.38. The molecule has 0 saturated carbocycles. The van der Waals surface area contributed by atoms with E-state index in [9.17, 15) is 8.42 Å². The number of ether oxygens (including phenoxy) is 1. The second-order valence-electron chi connectivity index (χ2n) is 4.55. The summed E-state index contributed by atoms with van der Waals surface area (Å²) < 4.78 is 27.2. The Hall–Kier alpha value is -1.05. The molecule has 0 N–H and O–H groups in total. The highest BCUT2D eigenvalue weighted by Crippen LogP contribution is 2.27. The third-order valence-electron chi connectivity index (χ3n) is 2.74. The summed E-state index contributed by atoms with van der Waals surface area (Å²) in [6, 6.07) is 7.80. The summed E-state index contributed by atoms with van der Waals surface area (Å²) in [7, 11) is -1.23. The van der Waals surface area contributed by atoms with Gasteiger partial charge in [-0.05, 0) is 24.3 Å². The van der Waals surface area contributed by atoms with E-state index < -0.39 is 9.84 Å². The Morgan fingerprint density at radius 2 is 2.00 bits per heavy atom. The van der Waals surface area contributed by atoms with Gasteiger partial charge in [-0.25, -0.2) is 13.4 Å². The van der Waals surface area contributed by atoms with Gasteiger partial charge in [0.15, 0.2) is 0 Å². The fraction of sp³-hybridized carbons (Fsp3) is 0.357. The van der Waals surface area contributed by atoms with Gasteiger partial charge < -0.3 is 4.74 Å². The highest BCUT2D eigenvalue weighted by atomic mass is 32.2. The van der Waals surface area contributed by atoms with E-state index in [4.69, 9.17) is 4.74 Å². The molecule has 4 nitrogen and oxygen atoms in total. The second kappa shape index (κ2) is 7.29. The van der Waals surface area contributed by atoms with Crippen LogP contribution in [0.1, 0.15) is 5.69 Å². The molecule has 114 valence electrons. The lowest BCUT2D eigenvalue weighted by atomic mass is 10.2. The molecule has 0 aliphatic heterocycles. The first-order chi connectivity index (χ1) is 9.98. The number of rotatable bonds is 7. The van der Waals surface area contributed by atoms with Crippen molar-refractivity contribution in [1.82, 2.24) is 4.98 Å². The average molecular weight is 343 g/mol. The van der Waals surface area contributed by atoms with Crippen LogP contribution in [0.15, 0.2) is 29.6 Å². The molecule has 0 bridgehead atoms. The van der Waals surface area contributed by atoms with Crippen molar-refractivity contribution in [2.24, 2.45) is 0 Å². The summed E-state index contributed by atoms with van der Waals surface area (Å²) in [6.07, 6.45) is 1.26. The molecule has 0 amide bonds. The zero-order valence-corrected chi connectivity index (χ0v) is 14.4. The molecule has 1 aromatic carbocycles. The number of methoxy groups -OCH3 is 1. The average Bonchev–Trinajstić information content (AvgIpc) is 2.91. The van der Waals surface area contributed by atoms with Gasteiger partial charge in [-0.2, -0.15) is 11.8 Å². The van der Waals surface area contributed by atoms with Crippen molar-refractivity contribution in [3.05, 3.63) is 35.3 Å². The highest BCUT2D eigenvalue weighted by molar-refractivity contribution is 7.99. The van der Waals surface area contributed by atoms with Crippen LogP contribution in [0.3, 0.4) is 0 Å². The highest BCUT2D eigenvalue weighted by Gasteiger charge is 2.06. The monoisotopic (exact) mass is 343 g/mol. The van der Waals surface area contributed by atoms with Gasteiger partial charge in [-0.1, -0.05) is 0 Å². The number of nitrogens with zero attached hydrogens (tertiary/aromatic N) is 1. The molecule has 0 unspecified atom stereocenters. The minimum absolute atomic E-state index is 0.215. The number of thiazole rings is 1. The molecule has 2 rings (SSSR count). The Bertz CT molecular complexity index is 678. The first kappa shape index (κ1) is 16.3. The maximum atomic E-state index is 11.0. The minimum Gasteiger partial charge on any atom is -0.497 e. The summed E-state index contributed by atoms with van der Waals surface area (Å²) in [4.78, 5) is 4.58. The lowest BCUT2D eigenvalue weighted by molar-refractivity contribution is 0.415. The van der Waals surface area contributed by atoms with E-state index >= 15 is 0 Å². The van der Waals surface area contributed by atoms with E-state index in [0.29, 0.717) is 5.75 Å². The summed E-state index contributed by atoms with van der Waals surface area (Å²) >= 11 is 3.19. The predicted octanol–water partition coefficient (Wildman–Crippen LogP) is 3.10. The van der Waals surface area contributed by atoms with E-state index in [2.05, 4.69) is 4.98 Å². The van der Waals surface area contributed by atoms with Crippen molar-refractivity contribution in [3.8, 4) is 16.3 Å². The molecule has 0 saturated heterocycles. The number of thioether (sulfide) groups is 1. The molecular formula is C14H17NO3S3. The first-order valence-corrected chi connectivity index (χ1v) is 10.4. The largest absolute Gasteiger partial charge is 0.497 e. The molecule has 0 spiro atoms. The Morgan fingerprint density at radius 3 is 2.62 bits per heavy atom. The SMILES string of the molecule is COc1ccc(-c2nc(CSCCS(C)(=O)=O)cs2)cc1. The van der Waals surface area contributed by atoms with Gasteiger partial charge in [-0.3, -0.25) is 0 Å². The van der Waals surface area contributed by atoms with Crippen LogP contribution < -0.4 is 4.74 Å². The van der Waals surface area contributed by atoms with E-state index in [0.717, 1.165) is 27.8 Å². The summed E-state index contributed by atoms with van der Waals surface area (Å²) in [5, 5.41) is 2.99. The molecule has 7 heteroatoms. The van der Waals surface area contributed by atoms with Crippen LogP contribution in [0.2, 0.25) is 0 Å². The third kappa shape index (κ3) is 5.33. The van der Waals surface area contributed by atoms with Crippen LogP contribution in [0.4, 0.5) is 0 Å². The van der Waals surface area contributed by atoms with Crippen LogP contribution >= 0.6 is 23.1 Å². The van der Waals surface area contributed by atoms with Crippen molar-refractivity contribution >= 4 is 32.9 Å². The van der Waals surface area contributed by atoms with Crippen LogP contribution in [0.25, 0.3) is 10.6 Å². The van der Waals surface area contributed by atoms with Crippen molar-refractivity contribution in [3.63, 3.8) is 0 Å². The van der Waals surface area contributed by atoms with Crippen molar-refractivity contribution in [2.75, 3.05) is 24.9 Å². The van der Waals surface area contributed by atoms with E-state index in [1.165, 1.54) is 6.26 Å². The fourth-order valence-electron chi connectivity index (χ4n) is 1.63. The summed E-state index contributed by atoms with van der Waals surface area (Å²) in [6.45, 7) is 0. The van der Waals surface area contributed by atoms with Crippen LogP contribution in [-0.4, -0.2) is 38.3 Å². The number of hydrogen-bond acceptors (Lipinski definition) is 6. The maximum absolute atomic E-state index is 11.0. The Labute approximate surface area is 133 Å². The topological polar surface area (TPSA) is 56.3 Å². The van der Waals surface area contributed by atoms with Gasteiger partial charge in [0.1, 0.15) is 20.6 Å². The molecule has 0 radical (unpaired) electrons. The number of hydrogen-bond donors (Lipinski definition) is 0. The molecule has 0 aliphatic carbocycles. The molecule has 1 heterocycles. The fourth-order valence-corrected chi connectivity index (χ4v) is 4.74. The van der Waals surface area contributed by atoms with Crippen molar-refractivity contribution < 1.29 is 13.2 Å². The quantitative estimate of drug-likeness (QED) is 0.723. The summed E-state index contributed by atoms with van der Waals surface area (Å²) in [5.41, 5.74) is 2.05. The van der Waals surface area contributed by atoms with Gasteiger partial charge >= 0.3 is 0 Å². The van der Waals surface area contributed by atoms with E-state index in [-0.39, 0.29) is 5.75 Å². The van der Waals surface area contributed by atoms with Crippen molar-refractivity contribution in [1.29, 1.82) is 0 Å². The van der Waals surface area contributed by atoms with Crippen molar-refractivity contribution in [2.45, 2.75) is 5.75 Å². The Morgan fingerprint density at radius 1 is 1.29 bits per heavy atom. The standard InChI is InChI=1S/C14H17NO3S3/c1-18-13-5-3-11(4-6-13)14-15-12(10-20-14)9-19-7-8-21(2,16)17/h3-6,10H,7-9H2,1-2H3. The number of sulfone groups is 1. The Balaban J connectivity index is 1.91. The molecular weight excluding hydrogens is 326 g/mol. The zero-order chi connectivity index (χ0) is 15.3. The number of benzene rings is 1. The maximum Gasteiger partial charge on any atom is 0.148 e. The van der Waals surface area contributed by atoms with E-state index in [1.54, 1.807) is 30.2 Å². The number of aromatic nitrogens is 1. The third-order valence-corrected chi connectivity index (χ3v) is 5.87. The molecule has 2 aromatic rings. The lowest BCUT2D eigenvalue weighted by Gasteiger charge is -2.00. The molecule has 21 heavy (non-hydrogen) atoms. The normalized spacial score (nSPS) is 11.5. The zero-order valence-electron chi connectivity index (χ0n) is 11.9. The van der Waals surface area contributed by atoms with Gasteiger partial charge in [-0.15, -0.1) is 11.3 Å².